The Morgan fingerprint density at radius 1 is 1.46 bits per heavy atom. The van der Waals surface area contributed by atoms with Gasteiger partial charge in [0.1, 0.15) is 5.52 Å². The van der Waals surface area contributed by atoms with Crippen LogP contribution in [0.1, 0.15) is 34.5 Å². The molecule has 3 aromatic rings. The van der Waals surface area contributed by atoms with Gasteiger partial charge in [0.2, 0.25) is 0 Å². The highest BCUT2D eigenvalue weighted by atomic mass is 32.1. The van der Waals surface area contributed by atoms with E-state index in [0.717, 1.165) is 45.4 Å². The predicted molar refractivity (Wildman–Crippen MR) is 93.3 cm³/mol. The SMILES string of the molecule is Cc1ncc(CN(C)C(=O)Nc2ccc3oc(C4CC4)nc3c2)s1. The number of carbonyl (C=O) groups is 1. The monoisotopic (exact) mass is 342 g/mol. The van der Waals surface area contributed by atoms with Crippen LogP contribution in [0.15, 0.2) is 28.8 Å². The van der Waals surface area contributed by atoms with Crippen LogP contribution in [0.4, 0.5) is 10.5 Å². The van der Waals surface area contributed by atoms with E-state index in [9.17, 15) is 4.79 Å². The second-order valence-corrected chi connectivity index (χ2v) is 7.46. The molecule has 1 aromatic carbocycles. The van der Waals surface area contributed by atoms with E-state index in [4.69, 9.17) is 4.42 Å². The fraction of sp³-hybridized carbons (Fsp3) is 0.353. The van der Waals surface area contributed by atoms with Crippen LogP contribution >= 0.6 is 11.3 Å². The van der Waals surface area contributed by atoms with Crippen LogP contribution in [0.3, 0.4) is 0 Å². The molecule has 1 aliphatic rings. The molecular formula is C17H18N4O2S. The molecule has 6 nitrogen and oxygen atoms in total. The summed E-state index contributed by atoms with van der Waals surface area (Å²) in [4.78, 5) is 23.8. The van der Waals surface area contributed by atoms with Gasteiger partial charge in [-0.2, -0.15) is 0 Å². The van der Waals surface area contributed by atoms with Crippen LogP contribution in [0.2, 0.25) is 0 Å². The highest BCUT2D eigenvalue weighted by Crippen LogP contribution is 2.40. The van der Waals surface area contributed by atoms with E-state index in [0.29, 0.717) is 12.5 Å². The van der Waals surface area contributed by atoms with Gasteiger partial charge in [0.25, 0.3) is 0 Å². The summed E-state index contributed by atoms with van der Waals surface area (Å²) in [6.45, 7) is 2.49. The van der Waals surface area contributed by atoms with Gasteiger partial charge in [0, 0.05) is 29.7 Å². The van der Waals surface area contributed by atoms with Crippen LogP contribution in [-0.4, -0.2) is 27.9 Å². The molecule has 2 amide bonds. The summed E-state index contributed by atoms with van der Waals surface area (Å²) in [7, 11) is 1.77. The molecule has 0 radical (unpaired) electrons. The van der Waals surface area contributed by atoms with E-state index in [-0.39, 0.29) is 6.03 Å². The first-order chi connectivity index (χ1) is 11.6. The first-order valence-electron chi connectivity index (χ1n) is 7.92. The Hall–Kier alpha value is -2.41. The maximum Gasteiger partial charge on any atom is 0.321 e. The maximum atomic E-state index is 12.3. The number of aromatic nitrogens is 2. The summed E-state index contributed by atoms with van der Waals surface area (Å²) >= 11 is 1.60. The summed E-state index contributed by atoms with van der Waals surface area (Å²) in [5.74, 6) is 1.29. The summed E-state index contributed by atoms with van der Waals surface area (Å²) < 4.78 is 5.74. The minimum Gasteiger partial charge on any atom is -0.440 e. The van der Waals surface area contributed by atoms with Crippen molar-refractivity contribution in [2.75, 3.05) is 12.4 Å². The highest BCUT2D eigenvalue weighted by Gasteiger charge is 2.28. The van der Waals surface area contributed by atoms with Gasteiger partial charge >= 0.3 is 6.03 Å². The summed E-state index contributed by atoms with van der Waals surface area (Å²) in [5.41, 5.74) is 2.27. The second kappa shape index (κ2) is 5.90. The molecule has 1 saturated carbocycles. The number of hydrogen-bond acceptors (Lipinski definition) is 5. The van der Waals surface area contributed by atoms with Crippen molar-refractivity contribution in [2.24, 2.45) is 0 Å². The first kappa shape index (κ1) is 15.1. The lowest BCUT2D eigenvalue weighted by Gasteiger charge is -2.16. The molecule has 0 atom stereocenters. The number of thiazole rings is 1. The summed E-state index contributed by atoms with van der Waals surface area (Å²) in [6.07, 6.45) is 4.11. The third-order valence-corrected chi connectivity index (χ3v) is 4.89. The van der Waals surface area contributed by atoms with Gasteiger partial charge in [-0.1, -0.05) is 0 Å². The lowest BCUT2D eigenvalue weighted by atomic mass is 10.3. The Kier molecular flexibility index (Phi) is 3.72. The molecule has 4 rings (SSSR count). The quantitative estimate of drug-likeness (QED) is 0.774. The zero-order valence-corrected chi connectivity index (χ0v) is 14.4. The number of anilines is 1. The second-order valence-electron chi connectivity index (χ2n) is 6.14. The van der Waals surface area contributed by atoms with Crippen LogP contribution in [-0.2, 0) is 6.54 Å². The fourth-order valence-corrected chi connectivity index (χ4v) is 3.38. The Bertz CT molecular complexity index is 897. The van der Waals surface area contributed by atoms with Crippen molar-refractivity contribution < 1.29 is 9.21 Å². The molecule has 0 unspecified atom stereocenters. The minimum absolute atomic E-state index is 0.161. The lowest BCUT2D eigenvalue weighted by Crippen LogP contribution is -2.30. The summed E-state index contributed by atoms with van der Waals surface area (Å²) in [5, 5.41) is 3.91. The van der Waals surface area contributed by atoms with Gasteiger partial charge in [-0.25, -0.2) is 14.8 Å². The Morgan fingerprint density at radius 2 is 2.29 bits per heavy atom. The van der Waals surface area contributed by atoms with E-state index < -0.39 is 0 Å². The van der Waals surface area contributed by atoms with Crippen LogP contribution < -0.4 is 5.32 Å². The molecule has 0 saturated heterocycles. The third kappa shape index (κ3) is 3.12. The Morgan fingerprint density at radius 3 is 3.00 bits per heavy atom. The molecule has 2 heterocycles. The largest absolute Gasteiger partial charge is 0.440 e. The number of amides is 2. The molecule has 1 aliphatic carbocycles. The lowest BCUT2D eigenvalue weighted by molar-refractivity contribution is 0.221. The van der Waals surface area contributed by atoms with Crippen molar-refractivity contribution in [1.29, 1.82) is 0 Å². The molecule has 0 bridgehead atoms. The topological polar surface area (TPSA) is 71.3 Å². The number of nitrogens with zero attached hydrogens (tertiary/aromatic N) is 3. The third-order valence-electron chi connectivity index (χ3n) is 3.99. The average molecular weight is 342 g/mol. The van der Waals surface area contributed by atoms with Gasteiger partial charge in [0.05, 0.1) is 11.6 Å². The number of nitrogens with one attached hydrogen (secondary N) is 1. The number of fused-ring (bicyclic) bond motifs is 1. The number of carbonyl (C=O) groups excluding carboxylic acids is 1. The number of hydrogen-bond donors (Lipinski definition) is 1. The molecule has 1 fully saturated rings. The van der Waals surface area contributed by atoms with Crippen molar-refractivity contribution >= 4 is 34.2 Å². The molecule has 0 aliphatic heterocycles. The highest BCUT2D eigenvalue weighted by molar-refractivity contribution is 7.11. The average Bonchev–Trinajstić information content (AvgIpc) is 3.20. The smallest absolute Gasteiger partial charge is 0.321 e. The fourth-order valence-electron chi connectivity index (χ4n) is 2.53. The van der Waals surface area contributed by atoms with Crippen molar-refractivity contribution in [3.8, 4) is 0 Å². The van der Waals surface area contributed by atoms with Crippen LogP contribution in [0.5, 0.6) is 0 Å². The predicted octanol–water partition coefficient (Wildman–Crippen LogP) is 4.13. The van der Waals surface area contributed by atoms with E-state index >= 15 is 0 Å². The minimum atomic E-state index is -0.161. The number of aryl methyl sites for hydroxylation is 1. The van der Waals surface area contributed by atoms with Crippen molar-refractivity contribution in [3.63, 3.8) is 0 Å². The van der Waals surface area contributed by atoms with Crippen LogP contribution in [0, 0.1) is 6.92 Å². The molecular weight excluding hydrogens is 324 g/mol. The molecule has 24 heavy (non-hydrogen) atoms. The number of urea groups is 1. The molecule has 7 heteroatoms. The first-order valence-corrected chi connectivity index (χ1v) is 8.74. The summed E-state index contributed by atoms with van der Waals surface area (Å²) in [6, 6.07) is 5.39. The number of oxazole rings is 1. The van der Waals surface area contributed by atoms with E-state index in [1.165, 1.54) is 0 Å². The molecule has 124 valence electrons. The van der Waals surface area contributed by atoms with Crippen LogP contribution in [0.25, 0.3) is 11.1 Å². The van der Waals surface area contributed by atoms with Gasteiger partial charge in [-0.3, -0.25) is 0 Å². The van der Waals surface area contributed by atoms with Crippen molar-refractivity contribution in [3.05, 3.63) is 40.2 Å². The molecule has 2 aromatic heterocycles. The number of benzene rings is 1. The Balaban J connectivity index is 1.45. The molecule has 1 N–H and O–H groups in total. The standard InChI is InChI=1S/C17H18N4O2S/c1-10-18-8-13(24-10)9-21(2)17(22)19-12-5-6-15-14(7-12)20-16(23-15)11-3-4-11/h5-8,11H,3-4,9H2,1-2H3,(H,19,22). The Labute approximate surface area is 143 Å². The normalized spacial score (nSPS) is 14.1. The zero-order chi connectivity index (χ0) is 16.7. The van der Waals surface area contributed by atoms with Gasteiger partial charge in [-0.05, 0) is 38.0 Å². The van der Waals surface area contributed by atoms with Gasteiger partial charge in [0.15, 0.2) is 11.5 Å². The van der Waals surface area contributed by atoms with E-state index in [1.54, 1.807) is 23.3 Å². The maximum absolute atomic E-state index is 12.3. The van der Waals surface area contributed by atoms with E-state index in [2.05, 4.69) is 15.3 Å². The van der Waals surface area contributed by atoms with Gasteiger partial charge in [-0.15, -0.1) is 11.3 Å². The molecule has 0 spiro atoms. The van der Waals surface area contributed by atoms with E-state index in [1.807, 2.05) is 31.3 Å². The van der Waals surface area contributed by atoms with Crippen molar-refractivity contribution in [1.82, 2.24) is 14.9 Å². The van der Waals surface area contributed by atoms with Gasteiger partial charge < -0.3 is 14.6 Å². The number of rotatable bonds is 4. The van der Waals surface area contributed by atoms with Crippen molar-refractivity contribution in [2.45, 2.75) is 32.2 Å². The zero-order valence-electron chi connectivity index (χ0n) is 13.6.